The van der Waals surface area contributed by atoms with Gasteiger partial charge in [0.2, 0.25) is 0 Å². The van der Waals surface area contributed by atoms with Crippen LogP contribution in [-0.2, 0) is 0 Å². The molecule has 0 saturated heterocycles. The van der Waals surface area contributed by atoms with E-state index in [1.165, 1.54) is 11.3 Å². The largest absolute Gasteiger partial charge is 0.344 e. The zero-order chi connectivity index (χ0) is 8.72. The Morgan fingerprint density at radius 3 is 3.00 bits per heavy atom. The SMILES string of the molecule is C=C1NC(C)=NC2=C1CC(C)C2. The number of aliphatic imine (C=N–C) groups is 1. The van der Waals surface area contributed by atoms with E-state index < -0.39 is 0 Å². The molecule has 1 aliphatic carbocycles. The summed E-state index contributed by atoms with van der Waals surface area (Å²) in [5, 5.41) is 3.17. The average molecular weight is 162 g/mol. The van der Waals surface area contributed by atoms with Crippen LogP contribution in [0.1, 0.15) is 26.7 Å². The normalized spacial score (nSPS) is 28.3. The second kappa shape index (κ2) is 2.47. The molecular formula is C10H14N2. The van der Waals surface area contributed by atoms with Gasteiger partial charge in [0.15, 0.2) is 0 Å². The molecule has 0 spiro atoms. The maximum atomic E-state index is 4.47. The van der Waals surface area contributed by atoms with Crippen LogP contribution in [0, 0.1) is 5.92 Å². The van der Waals surface area contributed by atoms with E-state index in [1.807, 2.05) is 6.92 Å². The maximum Gasteiger partial charge on any atom is 0.103 e. The molecule has 0 saturated carbocycles. The van der Waals surface area contributed by atoms with Crippen molar-refractivity contribution in [3.63, 3.8) is 0 Å². The highest BCUT2D eigenvalue weighted by molar-refractivity contribution is 5.84. The summed E-state index contributed by atoms with van der Waals surface area (Å²) in [6, 6.07) is 0. The summed E-state index contributed by atoms with van der Waals surface area (Å²) >= 11 is 0. The zero-order valence-electron chi connectivity index (χ0n) is 7.65. The lowest BCUT2D eigenvalue weighted by Gasteiger charge is -2.16. The molecule has 0 radical (unpaired) electrons. The van der Waals surface area contributed by atoms with Crippen LogP contribution in [0.15, 0.2) is 28.5 Å². The van der Waals surface area contributed by atoms with Gasteiger partial charge < -0.3 is 5.32 Å². The van der Waals surface area contributed by atoms with Crippen molar-refractivity contribution < 1.29 is 0 Å². The highest BCUT2D eigenvalue weighted by Gasteiger charge is 2.25. The zero-order valence-corrected chi connectivity index (χ0v) is 7.65. The van der Waals surface area contributed by atoms with Crippen LogP contribution in [0.2, 0.25) is 0 Å². The van der Waals surface area contributed by atoms with Crippen molar-refractivity contribution in [2.75, 3.05) is 0 Å². The minimum Gasteiger partial charge on any atom is -0.344 e. The monoisotopic (exact) mass is 162 g/mol. The van der Waals surface area contributed by atoms with Gasteiger partial charge in [0.05, 0.1) is 0 Å². The standard InChI is InChI=1S/C10H14N2/c1-6-4-9-7(2)11-8(3)12-10(9)5-6/h6H,2,4-5H2,1,3H3,(H,11,12). The van der Waals surface area contributed by atoms with E-state index in [-0.39, 0.29) is 0 Å². The van der Waals surface area contributed by atoms with Crippen molar-refractivity contribution in [2.24, 2.45) is 10.9 Å². The molecule has 1 atom stereocenters. The Kier molecular flexibility index (Phi) is 1.56. The Hall–Kier alpha value is -1.05. The van der Waals surface area contributed by atoms with Gasteiger partial charge >= 0.3 is 0 Å². The molecule has 2 rings (SSSR count). The predicted molar refractivity (Wildman–Crippen MR) is 50.8 cm³/mol. The minimum atomic E-state index is 0.739. The van der Waals surface area contributed by atoms with E-state index in [0.29, 0.717) is 0 Å². The topological polar surface area (TPSA) is 24.4 Å². The van der Waals surface area contributed by atoms with Gasteiger partial charge in [0.25, 0.3) is 0 Å². The number of hydrogen-bond acceptors (Lipinski definition) is 2. The lowest BCUT2D eigenvalue weighted by Crippen LogP contribution is -2.23. The van der Waals surface area contributed by atoms with Crippen LogP contribution in [-0.4, -0.2) is 5.84 Å². The Labute approximate surface area is 73.1 Å². The van der Waals surface area contributed by atoms with Gasteiger partial charge in [-0.05, 0) is 31.3 Å². The van der Waals surface area contributed by atoms with Gasteiger partial charge in [-0.15, -0.1) is 0 Å². The summed E-state index contributed by atoms with van der Waals surface area (Å²) < 4.78 is 0. The maximum absolute atomic E-state index is 4.47. The number of amidine groups is 1. The van der Waals surface area contributed by atoms with Gasteiger partial charge in [-0.25, -0.2) is 4.99 Å². The highest BCUT2D eigenvalue weighted by Crippen LogP contribution is 2.36. The van der Waals surface area contributed by atoms with Gasteiger partial charge in [0, 0.05) is 11.4 Å². The molecule has 12 heavy (non-hydrogen) atoms. The first-order valence-corrected chi connectivity index (χ1v) is 4.40. The number of hydrogen-bond donors (Lipinski definition) is 1. The number of rotatable bonds is 0. The van der Waals surface area contributed by atoms with Crippen molar-refractivity contribution in [1.29, 1.82) is 0 Å². The third kappa shape index (κ3) is 1.07. The van der Waals surface area contributed by atoms with Crippen molar-refractivity contribution in [3.05, 3.63) is 23.5 Å². The van der Waals surface area contributed by atoms with Gasteiger partial charge in [-0.3, -0.25) is 0 Å². The molecule has 0 bridgehead atoms. The smallest absolute Gasteiger partial charge is 0.103 e. The highest BCUT2D eigenvalue weighted by atomic mass is 15.0. The van der Waals surface area contributed by atoms with Crippen LogP contribution < -0.4 is 5.32 Å². The van der Waals surface area contributed by atoms with Crippen LogP contribution in [0.4, 0.5) is 0 Å². The summed E-state index contributed by atoms with van der Waals surface area (Å²) in [6.07, 6.45) is 2.26. The molecule has 1 N–H and O–H groups in total. The lowest BCUT2D eigenvalue weighted by atomic mass is 10.1. The van der Waals surface area contributed by atoms with E-state index >= 15 is 0 Å². The summed E-state index contributed by atoms with van der Waals surface area (Å²) in [5.74, 6) is 1.72. The van der Waals surface area contributed by atoms with Crippen LogP contribution in [0.25, 0.3) is 0 Å². The van der Waals surface area contributed by atoms with Crippen LogP contribution >= 0.6 is 0 Å². The third-order valence-electron chi connectivity index (χ3n) is 2.44. The third-order valence-corrected chi connectivity index (χ3v) is 2.44. The molecule has 0 aromatic rings. The number of nitrogens with zero attached hydrogens (tertiary/aromatic N) is 1. The Bertz CT molecular complexity index is 297. The van der Waals surface area contributed by atoms with Crippen molar-refractivity contribution in [1.82, 2.24) is 5.32 Å². The molecule has 0 amide bonds. The van der Waals surface area contributed by atoms with Crippen molar-refractivity contribution in [2.45, 2.75) is 26.7 Å². The molecule has 0 aromatic carbocycles. The molecule has 2 aliphatic rings. The first-order valence-electron chi connectivity index (χ1n) is 4.40. The molecule has 1 aliphatic heterocycles. The first-order chi connectivity index (χ1) is 5.66. The molecule has 0 fully saturated rings. The second-order valence-corrected chi connectivity index (χ2v) is 3.74. The Morgan fingerprint density at radius 1 is 1.50 bits per heavy atom. The second-order valence-electron chi connectivity index (χ2n) is 3.74. The van der Waals surface area contributed by atoms with E-state index in [1.54, 1.807) is 0 Å². The van der Waals surface area contributed by atoms with Crippen molar-refractivity contribution in [3.8, 4) is 0 Å². The number of nitrogens with one attached hydrogen (secondary N) is 1. The number of allylic oxidation sites excluding steroid dienone is 2. The average Bonchev–Trinajstić information content (AvgIpc) is 2.29. The molecule has 0 aromatic heterocycles. The van der Waals surface area contributed by atoms with E-state index in [9.17, 15) is 0 Å². The fourth-order valence-electron chi connectivity index (χ4n) is 1.93. The van der Waals surface area contributed by atoms with Crippen molar-refractivity contribution >= 4 is 5.84 Å². The fourth-order valence-corrected chi connectivity index (χ4v) is 1.93. The van der Waals surface area contributed by atoms with E-state index in [0.717, 1.165) is 30.3 Å². The summed E-state index contributed by atoms with van der Waals surface area (Å²) in [5.41, 5.74) is 3.65. The van der Waals surface area contributed by atoms with Gasteiger partial charge in [-0.1, -0.05) is 13.5 Å². The summed E-state index contributed by atoms with van der Waals surface area (Å²) in [6.45, 7) is 8.24. The van der Waals surface area contributed by atoms with Gasteiger partial charge in [-0.2, -0.15) is 0 Å². The van der Waals surface area contributed by atoms with Gasteiger partial charge in [0.1, 0.15) is 5.84 Å². The Balaban J connectivity index is 2.35. The summed E-state index contributed by atoms with van der Waals surface area (Å²) in [7, 11) is 0. The fraction of sp³-hybridized carbons (Fsp3) is 0.500. The van der Waals surface area contributed by atoms with Crippen LogP contribution in [0.5, 0.6) is 0 Å². The molecule has 1 heterocycles. The lowest BCUT2D eigenvalue weighted by molar-refractivity contribution is 0.620. The molecule has 2 nitrogen and oxygen atoms in total. The first kappa shape index (κ1) is 7.59. The molecule has 2 heteroatoms. The molecule has 64 valence electrons. The molecular weight excluding hydrogens is 148 g/mol. The Morgan fingerprint density at radius 2 is 2.25 bits per heavy atom. The van der Waals surface area contributed by atoms with E-state index in [4.69, 9.17) is 0 Å². The predicted octanol–water partition coefficient (Wildman–Crippen LogP) is 2.21. The minimum absolute atomic E-state index is 0.739. The molecule has 1 unspecified atom stereocenters. The van der Waals surface area contributed by atoms with Crippen LogP contribution in [0.3, 0.4) is 0 Å². The summed E-state index contributed by atoms with van der Waals surface area (Å²) in [4.78, 5) is 4.47. The quantitative estimate of drug-likeness (QED) is 0.580. The van der Waals surface area contributed by atoms with E-state index in [2.05, 4.69) is 23.8 Å².